The Morgan fingerprint density at radius 2 is 1.61 bits per heavy atom. The van der Waals surface area contributed by atoms with E-state index >= 15 is 0 Å². The van der Waals surface area contributed by atoms with E-state index in [1.165, 1.54) is 43.8 Å². The van der Waals surface area contributed by atoms with Gasteiger partial charge in [0.05, 0.1) is 16.8 Å². The molecule has 2 aromatic rings. The van der Waals surface area contributed by atoms with E-state index in [2.05, 4.69) is 21.2 Å². The van der Waals surface area contributed by atoms with E-state index in [4.69, 9.17) is 9.47 Å². The van der Waals surface area contributed by atoms with Gasteiger partial charge in [-0.3, -0.25) is 9.59 Å². The third-order valence-corrected chi connectivity index (χ3v) is 6.92. The number of halogens is 1. The van der Waals surface area contributed by atoms with Crippen molar-refractivity contribution >= 4 is 56.9 Å². The summed E-state index contributed by atoms with van der Waals surface area (Å²) in [5.74, 6) is -3.88. The van der Waals surface area contributed by atoms with Gasteiger partial charge in [0, 0.05) is 47.2 Å². The molecule has 1 saturated heterocycles. The van der Waals surface area contributed by atoms with Gasteiger partial charge < -0.3 is 19.9 Å². The van der Waals surface area contributed by atoms with Gasteiger partial charge in [0.2, 0.25) is 0 Å². The monoisotopic (exact) mass is 531 g/mol. The molecule has 0 atom stereocenters. The molecule has 2 aliphatic rings. The van der Waals surface area contributed by atoms with E-state index < -0.39 is 34.9 Å². The van der Waals surface area contributed by atoms with E-state index in [0.29, 0.717) is 16.0 Å². The lowest BCUT2D eigenvalue weighted by atomic mass is 9.82. The largest absolute Gasteiger partial charge is 0.507 e. The molecule has 0 spiro atoms. The fraction of sp³-hybridized carbons (Fsp3) is 0.217. The van der Waals surface area contributed by atoms with Crippen LogP contribution in [0.15, 0.2) is 47.0 Å². The third kappa shape index (κ3) is 4.16. The van der Waals surface area contributed by atoms with Crippen LogP contribution in [0.1, 0.15) is 45.7 Å². The Hall–Kier alpha value is -3.11. The Bertz CT molecular complexity index is 1230. The smallest absolute Gasteiger partial charge is 0.350 e. The molecule has 1 aliphatic heterocycles. The van der Waals surface area contributed by atoms with E-state index in [0.717, 1.165) is 6.20 Å². The Morgan fingerprint density at radius 1 is 1.03 bits per heavy atom. The number of fused-ring (bicyclic) bond motifs is 2. The van der Waals surface area contributed by atoms with Crippen LogP contribution in [-0.4, -0.2) is 45.5 Å². The van der Waals surface area contributed by atoms with Crippen LogP contribution in [0.2, 0.25) is 0 Å². The van der Waals surface area contributed by atoms with Crippen LogP contribution in [0, 0.1) is 0 Å². The van der Waals surface area contributed by atoms with Crippen molar-refractivity contribution in [3.8, 4) is 5.75 Å². The molecule has 1 fully saturated rings. The molecule has 0 unspecified atom stereocenters. The second-order valence-corrected chi connectivity index (χ2v) is 9.57. The second-order valence-electron chi connectivity index (χ2n) is 7.64. The van der Waals surface area contributed by atoms with Gasteiger partial charge in [-0.15, -0.1) is 11.8 Å². The lowest BCUT2D eigenvalue weighted by Gasteiger charge is -2.30. The van der Waals surface area contributed by atoms with Crippen molar-refractivity contribution in [2.45, 2.75) is 24.5 Å². The number of hydrogen-bond acceptors (Lipinski definition) is 9. The Kier molecular flexibility index (Phi) is 6.06. The maximum atomic E-state index is 13.4. The Morgan fingerprint density at radius 3 is 2.18 bits per heavy atom. The normalized spacial score (nSPS) is 16.5. The molecular weight excluding hydrogens is 514 g/mol. The predicted molar refractivity (Wildman–Crippen MR) is 124 cm³/mol. The number of anilines is 1. The Labute approximate surface area is 201 Å². The summed E-state index contributed by atoms with van der Waals surface area (Å²) in [4.78, 5) is 51.6. The average Bonchev–Trinajstić information content (AvgIpc) is 2.75. The van der Waals surface area contributed by atoms with Crippen molar-refractivity contribution in [1.82, 2.24) is 0 Å². The summed E-state index contributed by atoms with van der Waals surface area (Å²) in [5, 5.41) is 14.1. The molecule has 1 aliphatic carbocycles. The highest BCUT2D eigenvalue weighted by molar-refractivity contribution is 9.09. The van der Waals surface area contributed by atoms with Gasteiger partial charge in [-0.1, -0.05) is 40.2 Å². The van der Waals surface area contributed by atoms with E-state index in [9.17, 15) is 24.3 Å². The highest BCUT2D eigenvalue weighted by Crippen LogP contribution is 2.43. The highest BCUT2D eigenvalue weighted by Gasteiger charge is 2.40. The summed E-state index contributed by atoms with van der Waals surface area (Å²) < 4.78 is 10.2. The SMILES string of the molecule is CC1(C)OC(=O)C(=CNc2c(SCCBr)cc(O)c3c2C(=O)c2ccccc2C3=O)C(=O)O1. The van der Waals surface area contributed by atoms with Crippen molar-refractivity contribution in [2.24, 2.45) is 0 Å². The molecule has 10 heteroatoms. The number of carbonyl (C=O) groups excluding carboxylic acids is 4. The maximum Gasteiger partial charge on any atom is 0.350 e. The number of alkyl halides is 1. The number of carbonyl (C=O) groups is 4. The zero-order chi connectivity index (χ0) is 23.9. The number of nitrogens with one attached hydrogen (secondary N) is 1. The van der Waals surface area contributed by atoms with Gasteiger partial charge in [-0.2, -0.15) is 0 Å². The molecule has 8 nitrogen and oxygen atoms in total. The van der Waals surface area contributed by atoms with Crippen molar-refractivity contribution in [3.05, 3.63) is 64.4 Å². The second kappa shape index (κ2) is 8.68. The number of cyclic esters (lactones) is 2. The summed E-state index contributed by atoms with van der Waals surface area (Å²) in [6.07, 6.45) is 1.09. The molecule has 0 aromatic heterocycles. The summed E-state index contributed by atoms with van der Waals surface area (Å²) in [6.45, 7) is 2.86. The summed E-state index contributed by atoms with van der Waals surface area (Å²) in [7, 11) is 0. The van der Waals surface area contributed by atoms with Gasteiger partial charge in [0.1, 0.15) is 5.75 Å². The standard InChI is InChI=1S/C23H18BrNO7S/c1-23(2)31-21(29)13(22(30)32-23)10-25-18-15(33-8-7-24)9-14(26)16-17(18)20(28)12-6-4-3-5-11(12)19(16)27/h3-6,9-10,25-26H,7-8H2,1-2H3. The number of benzene rings is 2. The summed E-state index contributed by atoms with van der Waals surface area (Å²) in [6, 6.07) is 7.72. The number of esters is 2. The zero-order valence-electron chi connectivity index (χ0n) is 17.6. The minimum Gasteiger partial charge on any atom is -0.507 e. The van der Waals surface area contributed by atoms with Gasteiger partial charge in [-0.05, 0) is 6.07 Å². The van der Waals surface area contributed by atoms with Crippen molar-refractivity contribution in [2.75, 3.05) is 16.4 Å². The number of hydrogen-bond donors (Lipinski definition) is 2. The van der Waals surface area contributed by atoms with Crippen LogP contribution in [-0.2, 0) is 19.1 Å². The molecule has 170 valence electrons. The van der Waals surface area contributed by atoms with Gasteiger partial charge in [0.15, 0.2) is 17.1 Å². The van der Waals surface area contributed by atoms with Crippen LogP contribution >= 0.6 is 27.7 Å². The highest BCUT2D eigenvalue weighted by atomic mass is 79.9. The number of phenols is 1. The van der Waals surface area contributed by atoms with Crippen LogP contribution < -0.4 is 5.32 Å². The minimum absolute atomic E-state index is 0.0366. The first-order valence-electron chi connectivity index (χ1n) is 9.85. The number of ketones is 2. The lowest BCUT2D eigenvalue weighted by Crippen LogP contribution is -2.42. The van der Waals surface area contributed by atoms with Gasteiger partial charge >= 0.3 is 11.9 Å². The zero-order valence-corrected chi connectivity index (χ0v) is 20.0. The topological polar surface area (TPSA) is 119 Å². The van der Waals surface area contributed by atoms with E-state index in [1.807, 2.05) is 0 Å². The van der Waals surface area contributed by atoms with Gasteiger partial charge in [0.25, 0.3) is 5.79 Å². The third-order valence-electron chi connectivity index (χ3n) is 4.95. The fourth-order valence-corrected chi connectivity index (χ4v) is 4.86. The summed E-state index contributed by atoms with van der Waals surface area (Å²) >= 11 is 4.65. The molecule has 4 rings (SSSR count). The molecule has 0 bridgehead atoms. The molecule has 0 amide bonds. The molecule has 0 radical (unpaired) electrons. The molecular formula is C23H18BrNO7S. The van der Waals surface area contributed by atoms with Crippen molar-refractivity contribution in [1.29, 1.82) is 0 Å². The maximum absolute atomic E-state index is 13.4. The van der Waals surface area contributed by atoms with Crippen LogP contribution in [0.3, 0.4) is 0 Å². The van der Waals surface area contributed by atoms with E-state index in [-0.39, 0.29) is 33.7 Å². The van der Waals surface area contributed by atoms with E-state index in [1.54, 1.807) is 12.1 Å². The molecule has 2 N–H and O–H groups in total. The van der Waals surface area contributed by atoms with Gasteiger partial charge in [-0.25, -0.2) is 9.59 Å². The average molecular weight is 532 g/mol. The quantitative estimate of drug-likeness (QED) is 0.126. The fourth-order valence-electron chi connectivity index (χ4n) is 3.58. The number of ether oxygens (including phenoxy) is 2. The number of phenolic OH excluding ortho intramolecular Hbond substituents is 1. The molecule has 33 heavy (non-hydrogen) atoms. The molecule has 0 saturated carbocycles. The summed E-state index contributed by atoms with van der Waals surface area (Å²) in [5.41, 5.74) is 0.00782. The predicted octanol–water partition coefficient (Wildman–Crippen LogP) is 3.79. The van der Waals surface area contributed by atoms with Crippen LogP contribution in [0.5, 0.6) is 5.75 Å². The molecule has 2 aromatic carbocycles. The van der Waals surface area contributed by atoms with Crippen molar-refractivity contribution < 1.29 is 33.8 Å². The van der Waals surface area contributed by atoms with Crippen molar-refractivity contribution in [3.63, 3.8) is 0 Å². The number of rotatable bonds is 5. The Balaban J connectivity index is 1.85. The number of thioether (sulfide) groups is 1. The first-order valence-corrected chi connectivity index (χ1v) is 12.0. The minimum atomic E-state index is -1.40. The first-order chi connectivity index (χ1) is 15.6. The lowest BCUT2D eigenvalue weighted by molar-refractivity contribution is -0.222. The number of aromatic hydroxyl groups is 1. The first kappa shape index (κ1) is 23.1. The molecule has 1 heterocycles. The van der Waals surface area contributed by atoms with Crippen LogP contribution in [0.4, 0.5) is 5.69 Å². The van der Waals surface area contributed by atoms with Crippen LogP contribution in [0.25, 0.3) is 0 Å².